The van der Waals surface area contributed by atoms with Gasteiger partial charge in [0.2, 0.25) is 0 Å². The monoisotopic (exact) mass is 453 g/mol. The average Bonchev–Trinajstić information content (AvgIpc) is 3.08. The van der Waals surface area contributed by atoms with Crippen LogP contribution in [0.25, 0.3) is 17.0 Å². The van der Waals surface area contributed by atoms with E-state index in [1.807, 2.05) is 12.3 Å². The Balaban J connectivity index is 0.000000575. The summed E-state index contributed by atoms with van der Waals surface area (Å²) in [6.07, 6.45) is 16.1. The molecular weight excluding hydrogens is 426 g/mol. The average molecular weight is 454 g/mol. The van der Waals surface area contributed by atoms with Crippen LogP contribution in [0.4, 0.5) is 0 Å². The van der Waals surface area contributed by atoms with Crippen LogP contribution in [0.5, 0.6) is 0 Å². The van der Waals surface area contributed by atoms with E-state index < -0.39 is 10.2 Å². The van der Waals surface area contributed by atoms with E-state index in [0.717, 1.165) is 12.3 Å². The highest BCUT2D eigenvalue weighted by Gasteiger charge is 2.18. The summed E-state index contributed by atoms with van der Waals surface area (Å²) in [6, 6.07) is 10.8. The molecule has 9 heteroatoms. The summed E-state index contributed by atoms with van der Waals surface area (Å²) in [5, 5.41) is 0. The molecule has 30 heavy (non-hydrogen) atoms. The lowest BCUT2D eigenvalue weighted by molar-refractivity contribution is -2.00. The molecule has 2 heterocycles. The maximum absolute atomic E-state index is 8.49. The normalized spacial score (nSPS) is 11.4. The molecule has 0 saturated heterocycles. The smallest absolute Gasteiger partial charge is 0.225 e. The van der Waals surface area contributed by atoms with Crippen molar-refractivity contribution >= 4 is 17.5 Å². The van der Waals surface area contributed by atoms with Crippen molar-refractivity contribution < 1.29 is 33.4 Å². The van der Waals surface area contributed by atoms with Gasteiger partial charge < -0.3 is 0 Å². The molecule has 0 spiro atoms. The van der Waals surface area contributed by atoms with Crippen molar-refractivity contribution in [3.05, 3.63) is 48.9 Å². The molecule has 0 N–H and O–H groups in total. The van der Waals surface area contributed by atoms with Gasteiger partial charge in [0.1, 0.15) is 18.1 Å². The molecule has 0 radical (unpaired) electrons. The van der Waals surface area contributed by atoms with Gasteiger partial charge in [0, 0.05) is 16.5 Å². The van der Waals surface area contributed by atoms with Gasteiger partial charge in [-0.25, -0.2) is 27.6 Å². The van der Waals surface area contributed by atoms with Gasteiger partial charge in [-0.1, -0.05) is 56.1 Å². The van der Waals surface area contributed by atoms with E-state index in [2.05, 4.69) is 63.8 Å². The number of imidazole rings is 1. The predicted molar refractivity (Wildman–Crippen MR) is 106 cm³/mol. The number of aromatic nitrogens is 3. The molecule has 0 aliphatic rings. The second-order valence-electron chi connectivity index (χ2n) is 6.87. The number of thioether (sulfide) groups is 1. The first-order valence-corrected chi connectivity index (χ1v) is 12.4. The maximum Gasteiger partial charge on any atom is 0.403 e. The van der Waals surface area contributed by atoms with Gasteiger partial charge in [-0.2, -0.15) is 0 Å². The Morgan fingerprint density at radius 3 is 2.27 bits per heavy atom. The third-order valence-corrected chi connectivity index (χ3v) is 5.41. The molecule has 7 nitrogen and oxygen atoms in total. The Hall–Kier alpha value is -1.68. The molecule has 0 bridgehead atoms. The number of benzene rings is 1. The topological polar surface area (TPSA) is 113 Å². The van der Waals surface area contributed by atoms with Gasteiger partial charge in [-0.15, -0.1) is 22.0 Å². The highest BCUT2D eigenvalue weighted by molar-refractivity contribution is 7.98. The SMILES string of the molecule is CCCCCCCC[n+]1c(-c2ccc(SC)cc2)cn2cccnc21.[O-][Cl+3]([O-])([O-])[O-]. The van der Waals surface area contributed by atoms with Crippen LogP contribution in [0.15, 0.2) is 53.8 Å². The van der Waals surface area contributed by atoms with Crippen LogP contribution in [-0.2, 0) is 6.54 Å². The van der Waals surface area contributed by atoms with Crippen molar-refractivity contribution in [1.82, 2.24) is 9.38 Å². The number of hydrogen-bond acceptors (Lipinski definition) is 6. The molecular formula is C21H28ClN3O4S. The number of hydrogen-bond donors (Lipinski definition) is 0. The molecule has 3 aromatic rings. The quantitative estimate of drug-likeness (QED) is 0.266. The first-order chi connectivity index (χ1) is 14.3. The van der Waals surface area contributed by atoms with Crippen LogP contribution in [0, 0.1) is 10.2 Å². The lowest BCUT2D eigenvalue weighted by atomic mass is 10.1. The molecule has 3 rings (SSSR count). The van der Waals surface area contributed by atoms with Gasteiger partial charge in [-0.3, -0.25) is 0 Å². The number of halogens is 1. The summed E-state index contributed by atoms with van der Waals surface area (Å²) in [4.78, 5) is 5.91. The lowest BCUT2D eigenvalue weighted by Gasteiger charge is -2.17. The van der Waals surface area contributed by atoms with E-state index in [1.54, 1.807) is 11.8 Å². The summed E-state index contributed by atoms with van der Waals surface area (Å²) < 4.78 is 38.5. The van der Waals surface area contributed by atoms with E-state index >= 15 is 0 Å². The minimum absolute atomic E-state index is 1.03. The highest BCUT2D eigenvalue weighted by Crippen LogP contribution is 2.22. The zero-order valence-electron chi connectivity index (χ0n) is 17.3. The third kappa shape index (κ3) is 8.22. The van der Waals surface area contributed by atoms with Crippen molar-refractivity contribution in [2.75, 3.05) is 6.26 Å². The fraction of sp³-hybridized carbons (Fsp3) is 0.429. The van der Waals surface area contributed by atoms with Crippen LogP contribution in [0.1, 0.15) is 45.4 Å². The summed E-state index contributed by atoms with van der Waals surface area (Å²) in [5.41, 5.74) is 2.51. The Labute approximate surface area is 183 Å². The van der Waals surface area contributed by atoms with E-state index in [-0.39, 0.29) is 0 Å². The molecule has 0 atom stereocenters. The zero-order chi connectivity index (χ0) is 22.0. The van der Waals surface area contributed by atoms with Crippen molar-refractivity contribution in [2.45, 2.75) is 56.9 Å². The molecule has 0 fully saturated rings. The van der Waals surface area contributed by atoms with E-state index in [9.17, 15) is 0 Å². The first-order valence-electron chi connectivity index (χ1n) is 9.95. The lowest BCUT2D eigenvalue weighted by Crippen LogP contribution is -2.68. The molecule has 0 amide bonds. The fourth-order valence-corrected chi connectivity index (χ4v) is 3.66. The molecule has 0 aliphatic heterocycles. The number of rotatable bonds is 9. The summed E-state index contributed by atoms with van der Waals surface area (Å²) in [6.45, 7) is 3.29. The van der Waals surface area contributed by atoms with Crippen LogP contribution in [-0.4, -0.2) is 15.6 Å². The van der Waals surface area contributed by atoms with E-state index in [1.165, 1.54) is 54.7 Å². The summed E-state index contributed by atoms with van der Waals surface area (Å²) in [5.74, 6) is 1.03. The van der Waals surface area contributed by atoms with Crippen molar-refractivity contribution in [2.24, 2.45) is 0 Å². The Morgan fingerprint density at radius 2 is 1.63 bits per heavy atom. The standard InChI is InChI=1S/C21H28N3S.ClHO4/c1-3-4-5-6-7-8-16-24-20(17-23-15-9-14-22-21(23)24)18-10-12-19(25-2)13-11-18;2-1(3,4)5/h9-15,17H,3-8,16H2,1-2H3;(H,2,3,4,5)/q+1;/p-1. The second kappa shape index (κ2) is 12.2. The Morgan fingerprint density at radius 1 is 1.00 bits per heavy atom. The number of unbranched alkanes of at least 4 members (excludes halogenated alkanes) is 5. The highest BCUT2D eigenvalue weighted by atomic mass is 35.7. The van der Waals surface area contributed by atoms with Gasteiger partial charge >= 0.3 is 5.78 Å². The zero-order valence-corrected chi connectivity index (χ0v) is 18.9. The first kappa shape index (κ1) is 24.6. The van der Waals surface area contributed by atoms with Crippen LogP contribution < -0.4 is 23.2 Å². The predicted octanol–water partition coefficient (Wildman–Crippen LogP) is 0.615. The fourth-order valence-electron chi connectivity index (χ4n) is 3.26. The molecule has 164 valence electrons. The molecule has 0 saturated carbocycles. The number of aryl methyl sites for hydroxylation is 1. The van der Waals surface area contributed by atoms with Gasteiger partial charge in [0.15, 0.2) is 0 Å². The molecule has 0 unspecified atom stereocenters. The Bertz CT molecular complexity index is 891. The van der Waals surface area contributed by atoms with E-state index in [4.69, 9.17) is 18.6 Å². The van der Waals surface area contributed by atoms with Crippen molar-refractivity contribution in [3.63, 3.8) is 0 Å². The summed E-state index contributed by atoms with van der Waals surface area (Å²) in [7, 11) is -4.94. The maximum atomic E-state index is 8.49. The molecule has 1 aromatic carbocycles. The van der Waals surface area contributed by atoms with Crippen LogP contribution >= 0.6 is 11.8 Å². The number of nitrogens with zero attached hydrogens (tertiary/aromatic N) is 3. The minimum atomic E-state index is -4.94. The van der Waals surface area contributed by atoms with Gasteiger partial charge in [-0.05, 0) is 24.8 Å². The van der Waals surface area contributed by atoms with Crippen LogP contribution in [0.3, 0.4) is 0 Å². The molecule has 0 aliphatic carbocycles. The summed E-state index contributed by atoms with van der Waals surface area (Å²) >= 11 is 1.78. The number of fused-ring (bicyclic) bond motifs is 1. The van der Waals surface area contributed by atoms with Gasteiger partial charge in [0.25, 0.3) is 0 Å². The van der Waals surface area contributed by atoms with Crippen LogP contribution in [0.2, 0.25) is 0 Å². The van der Waals surface area contributed by atoms with Gasteiger partial charge in [0.05, 0.1) is 12.7 Å². The Kier molecular flexibility index (Phi) is 10.0. The molecule has 2 aromatic heterocycles. The third-order valence-electron chi connectivity index (χ3n) is 4.67. The minimum Gasteiger partial charge on any atom is -0.225 e. The largest absolute Gasteiger partial charge is 0.403 e. The second-order valence-corrected chi connectivity index (χ2v) is 8.50. The van der Waals surface area contributed by atoms with E-state index in [0.29, 0.717) is 0 Å². The van der Waals surface area contributed by atoms with Crippen molar-refractivity contribution in [3.8, 4) is 11.3 Å². The van der Waals surface area contributed by atoms with Crippen molar-refractivity contribution in [1.29, 1.82) is 0 Å².